The van der Waals surface area contributed by atoms with Crippen LogP contribution in [-0.2, 0) is 25.5 Å². The lowest BCUT2D eigenvalue weighted by Crippen LogP contribution is -2.53. The minimum Gasteiger partial charge on any atom is -0.378 e. The fourth-order valence-corrected chi connectivity index (χ4v) is 3.58. The van der Waals surface area contributed by atoms with Crippen LogP contribution in [-0.4, -0.2) is 60.2 Å². The number of likely N-dealkylation sites (tertiary alicyclic amines) is 1. The first-order valence-corrected chi connectivity index (χ1v) is 9.03. The van der Waals surface area contributed by atoms with Crippen LogP contribution in [0.15, 0.2) is 30.3 Å². The van der Waals surface area contributed by atoms with Crippen molar-refractivity contribution in [1.29, 1.82) is 0 Å². The van der Waals surface area contributed by atoms with Crippen LogP contribution in [0.3, 0.4) is 0 Å². The largest absolute Gasteiger partial charge is 0.378 e. The highest BCUT2D eigenvalue weighted by Crippen LogP contribution is 2.25. The van der Waals surface area contributed by atoms with E-state index in [1.807, 2.05) is 30.3 Å². The van der Waals surface area contributed by atoms with E-state index >= 15 is 0 Å². The normalized spacial score (nSPS) is 19.8. The highest BCUT2D eigenvalue weighted by molar-refractivity contribution is 5.88. The number of ether oxygens (including phenoxy) is 1. The van der Waals surface area contributed by atoms with Gasteiger partial charge in [-0.05, 0) is 18.4 Å². The molecule has 148 valence electrons. The molecule has 1 saturated heterocycles. The third kappa shape index (κ3) is 5.27. The molecule has 4 unspecified atom stereocenters. The topological polar surface area (TPSA) is 108 Å². The molecule has 0 spiro atoms. The molecule has 1 aliphatic heterocycles. The van der Waals surface area contributed by atoms with E-state index in [0.29, 0.717) is 6.54 Å². The second-order valence-electron chi connectivity index (χ2n) is 6.77. The summed E-state index contributed by atoms with van der Waals surface area (Å²) in [6.07, 6.45) is 2.17. The molecular weight excluding hydrogens is 350 g/mol. The van der Waals surface area contributed by atoms with Crippen LogP contribution in [0, 0.1) is 5.92 Å². The number of hydrogen-bond acceptors (Lipinski definition) is 5. The summed E-state index contributed by atoms with van der Waals surface area (Å²) in [6, 6.07) is 8.11. The Morgan fingerprint density at radius 1 is 1.33 bits per heavy atom. The van der Waals surface area contributed by atoms with E-state index in [1.54, 1.807) is 17.3 Å². The molecule has 1 fully saturated rings. The summed E-state index contributed by atoms with van der Waals surface area (Å²) in [5.74, 6) is -1.64. The van der Waals surface area contributed by atoms with Gasteiger partial charge in [0.05, 0.1) is 18.1 Å². The molecule has 1 aromatic carbocycles. The van der Waals surface area contributed by atoms with E-state index in [0.717, 1.165) is 24.8 Å². The number of benzene rings is 1. The number of nitrogens with zero attached hydrogens (tertiary/aromatic N) is 1. The second kappa shape index (κ2) is 10.0. The van der Waals surface area contributed by atoms with Gasteiger partial charge in [-0.25, -0.2) is 5.48 Å². The molecule has 8 heteroatoms. The molecular formula is C19H27N3O5. The van der Waals surface area contributed by atoms with Gasteiger partial charge in [0.15, 0.2) is 0 Å². The third-order valence-corrected chi connectivity index (χ3v) is 5.06. The van der Waals surface area contributed by atoms with Crippen LogP contribution < -0.4 is 10.8 Å². The van der Waals surface area contributed by atoms with E-state index in [4.69, 9.17) is 9.94 Å². The zero-order valence-electron chi connectivity index (χ0n) is 15.6. The van der Waals surface area contributed by atoms with Crippen LogP contribution in [0.5, 0.6) is 0 Å². The lowest BCUT2D eigenvalue weighted by molar-refractivity contribution is -0.139. The van der Waals surface area contributed by atoms with Crippen molar-refractivity contribution in [1.82, 2.24) is 15.7 Å². The third-order valence-electron chi connectivity index (χ3n) is 5.06. The van der Waals surface area contributed by atoms with Crippen LogP contribution in [0.2, 0.25) is 0 Å². The molecule has 0 aliphatic carbocycles. The van der Waals surface area contributed by atoms with Gasteiger partial charge in [-0.15, -0.1) is 0 Å². The number of methoxy groups -OCH3 is 1. The van der Waals surface area contributed by atoms with Gasteiger partial charge in [0.1, 0.15) is 6.04 Å². The zero-order valence-corrected chi connectivity index (χ0v) is 15.6. The summed E-state index contributed by atoms with van der Waals surface area (Å²) in [5.41, 5.74) is 2.46. The Labute approximate surface area is 158 Å². The van der Waals surface area contributed by atoms with Crippen molar-refractivity contribution in [3.8, 4) is 0 Å². The number of hydroxylamine groups is 1. The minimum absolute atomic E-state index is 0.174. The summed E-state index contributed by atoms with van der Waals surface area (Å²) in [5, 5.41) is 11.7. The summed E-state index contributed by atoms with van der Waals surface area (Å²) < 4.78 is 5.52. The van der Waals surface area contributed by atoms with Gasteiger partial charge < -0.3 is 15.0 Å². The number of rotatable bonds is 9. The lowest BCUT2D eigenvalue weighted by atomic mass is 9.94. The molecule has 1 heterocycles. The summed E-state index contributed by atoms with van der Waals surface area (Å²) >= 11 is 0. The maximum Gasteiger partial charge on any atom is 0.266 e. The van der Waals surface area contributed by atoms with E-state index < -0.39 is 24.0 Å². The maximum atomic E-state index is 12.8. The van der Waals surface area contributed by atoms with Crippen molar-refractivity contribution in [2.45, 2.75) is 44.4 Å². The quantitative estimate of drug-likeness (QED) is 0.330. The van der Waals surface area contributed by atoms with Gasteiger partial charge in [-0.1, -0.05) is 37.3 Å². The molecule has 27 heavy (non-hydrogen) atoms. The molecule has 3 amide bonds. The Kier molecular flexibility index (Phi) is 7.75. The van der Waals surface area contributed by atoms with Gasteiger partial charge in [-0.2, -0.15) is 0 Å². The van der Waals surface area contributed by atoms with Crippen LogP contribution in [0.25, 0.3) is 0 Å². The molecule has 1 aliphatic rings. The maximum absolute atomic E-state index is 12.8. The predicted molar refractivity (Wildman–Crippen MR) is 97.8 cm³/mol. The molecule has 0 aromatic heterocycles. The number of nitrogens with one attached hydrogen (secondary N) is 2. The fraction of sp³-hybridized carbons (Fsp3) is 0.526. The zero-order chi connectivity index (χ0) is 19.8. The average molecular weight is 377 g/mol. The van der Waals surface area contributed by atoms with Gasteiger partial charge >= 0.3 is 0 Å². The first-order chi connectivity index (χ1) is 13.0. The van der Waals surface area contributed by atoms with Crippen molar-refractivity contribution >= 4 is 18.2 Å². The summed E-state index contributed by atoms with van der Waals surface area (Å²) in [4.78, 5) is 37.6. The Balaban J connectivity index is 2.08. The Bertz CT molecular complexity index is 639. The van der Waals surface area contributed by atoms with Crippen LogP contribution >= 0.6 is 0 Å². The van der Waals surface area contributed by atoms with E-state index in [2.05, 4.69) is 5.32 Å². The minimum atomic E-state index is -0.921. The number of hydrogen-bond donors (Lipinski definition) is 3. The van der Waals surface area contributed by atoms with Gasteiger partial charge in [0, 0.05) is 20.1 Å². The predicted octanol–water partition coefficient (Wildman–Crippen LogP) is 0.491. The number of amides is 3. The molecule has 2 rings (SSSR count). The molecule has 0 radical (unpaired) electrons. The average Bonchev–Trinajstić information content (AvgIpc) is 3.16. The molecule has 0 bridgehead atoms. The van der Waals surface area contributed by atoms with Gasteiger partial charge in [0.25, 0.3) is 5.91 Å². The Hall–Kier alpha value is -2.45. The summed E-state index contributed by atoms with van der Waals surface area (Å²) in [6.45, 7) is 2.35. The van der Waals surface area contributed by atoms with Crippen molar-refractivity contribution in [2.24, 2.45) is 5.92 Å². The molecule has 8 nitrogen and oxygen atoms in total. The van der Waals surface area contributed by atoms with Crippen molar-refractivity contribution in [2.75, 3.05) is 13.7 Å². The van der Waals surface area contributed by atoms with Crippen LogP contribution in [0.4, 0.5) is 0 Å². The van der Waals surface area contributed by atoms with E-state index in [9.17, 15) is 14.4 Å². The first-order valence-electron chi connectivity index (χ1n) is 9.03. The van der Waals surface area contributed by atoms with Crippen molar-refractivity contribution in [3.63, 3.8) is 0 Å². The summed E-state index contributed by atoms with van der Waals surface area (Å²) in [7, 11) is 1.51. The van der Waals surface area contributed by atoms with E-state index in [1.165, 1.54) is 7.11 Å². The highest BCUT2D eigenvalue weighted by Gasteiger charge is 2.38. The molecule has 1 aromatic rings. The second-order valence-corrected chi connectivity index (χ2v) is 6.77. The Morgan fingerprint density at radius 3 is 2.63 bits per heavy atom. The first kappa shape index (κ1) is 20.9. The monoisotopic (exact) mass is 377 g/mol. The fourth-order valence-electron chi connectivity index (χ4n) is 3.58. The standard InChI is InChI=1S/C19H27N3O5/c1-13(17(27-2)16-9-6-10-22(16)12-23)18(24)20-15(19(25)21-26)11-14-7-4-3-5-8-14/h3-5,7-8,12-13,15-17,26H,6,9-11H2,1-2H3,(H,20,24)(H,21,25). The number of carbonyl (C=O) groups is 3. The molecule has 0 saturated carbocycles. The smallest absolute Gasteiger partial charge is 0.266 e. The SMILES string of the molecule is COC(C(C)C(=O)NC(Cc1ccccc1)C(=O)NO)C1CCCN1C=O. The van der Waals surface area contributed by atoms with E-state index in [-0.39, 0.29) is 18.4 Å². The van der Waals surface area contributed by atoms with Crippen LogP contribution in [0.1, 0.15) is 25.3 Å². The lowest BCUT2D eigenvalue weighted by Gasteiger charge is -2.32. The van der Waals surface area contributed by atoms with Crippen molar-refractivity contribution in [3.05, 3.63) is 35.9 Å². The van der Waals surface area contributed by atoms with Gasteiger partial charge in [-0.3, -0.25) is 19.6 Å². The van der Waals surface area contributed by atoms with Gasteiger partial charge in [0.2, 0.25) is 12.3 Å². The highest BCUT2D eigenvalue weighted by atomic mass is 16.5. The molecule has 4 atom stereocenters. The number of carbonyl (C=O) groups excluding carboxylic acids is 3. The molecule has 3 N–H and O–H groups in total. The van der Waals surface area contributed by atoms with Crippen molar-refractivity contribution < 1.29 is 24.3 Å². The Morgan fingerprint density at radius 2 is 2.04 bits per heavy atom.